The van der Waals surface area contributed by atoms with Crippen molar-refractivity contribution in [3.63, 3.8) is 0 Å². The number of nitrogens with zero attached hydrogens (tertiary/aromatic N) is 1. The zero-order chi connectivity index (χ0) is 11.3. The Morgan fingerprint density at radius 1 is 1.53 bits per heavy atom. The largest absolute Gasteiger partial charge is 0.292 e. The number of rotatable bonds is 5. The summed E-state index contributed by atoms with van der Waals surface area (Å²) in [5.41, 5.74) is 0.516. The van der Waals surface area contributed by atoms with E-state index in [2.05, 4.69) is 18.8 Å². The SMILES string of the molecule is CCCC(C)CC(=O)c1ccc(Cl)cn1. The number of aromatic nitrogens is 1. The Hall–Kier alpha value is -0.890. The predicted molar refractivity (Wildman–Crippen MR) is 62.3 cm³/mol. The number of hydrogen-bond donors (Lipinski definition) is 0. The number of pyridine rings is 1. The second kappa shape index (κ2) is 5.86. The average Bonchev–Trinajstić information content (AvgIpc) is 2.18. The third-order valence-corrected chi connectivity index (χ3v) is 2.55. The van der Waals surface area contributed by atoms with Crippen molar-refractivity contribution in [2.24, 2.45) is 5.92 Å². The molecule has 3 heteroatoms. The van der Waals surface area contributed by atoms with Crippen LogP contribution in [0.5, 0.6) is 0 Å². The van der Waals surface area contributed by atoms with Crippen molar-refractivity contribution in [3.05, 3.63) is 29.0 Å². The molecule has 1 heterocycles. The van der Waals surface area contributed by atoms with Crippen molar-refractivity contribution in [3.8, 4) is 0 Å². The lowest BCUT2D eigenvalue weighted by Gasteiger charge is -2.07. The molecule has 0 amide bonds. The van der Waals surface area contributed by atoms with Crippen LogP contribution in [0.2, 0.25) is 5.02 Å². The number of ketones is 1. The molecule has 0 bridgehead atoms. The monoisotopic (exact) mass is 225 g/mol. The standard InChI is InChI=1S/C12H16ClNO/c1-3-4-9(2)7-12(15)11-6-5-10(13)8-14-11/h5-6,8-9H,3-4,7H2,1-2H3. The van der Waals surface area contributed by atoms with Crippen molar-refractivity contribution in [2.45, 2.75) is 33.1 Å². The van der Waals surface area contributed by atoms with Gasteiger partial charge < -0.3 is 0 Å². The van der Waals surface area contributed by atoms with E-state index < -0.39 is 0 Å². The molecule has 0 saturated carbocycles. The number of hydrogen-bond acceptors (Lipinski definition) is 2. The summed E-state index contributed by atoms with van der Waals surface area (Å²) in [5.74, 6) is 0.535. The van der Waals surface area contributed by atoms with Crippen LogP contribution in [0, 0.1) is 5.92 Å². The van der Waals surface area contributed by atoms with Crippen molar-refractivity contribution in [2.75, 3.05) is 0 Å². The molecule has 0 saturated heterocycles. The van der Waals surface area contributed by atoms with Gasteiger partial charge in [-0.15, -0.1) is 0 Å². The highest BCUT2D eigenvalue weighted by atomic mass is 35.5. The summed E-state index contributed by atoms with van der Waals surface area (Å²) in [7, 11) is 0. The molecule has 15 heavy (non-hydrogen) atoms. The Balaban J connectivity index is 2.57. The molecule has 1 atom stereocenters. The molecule has 0 aromatic carbocycles. The topological polar surface area (TPSA) is 30.0 Å². The molecule has 0 aliphatic rings. The first-order chi connectivity index (χ1) is 7.13. The van der Waals surface area contributed by atoms with Gasteiger partial charge in [0.15, 0.2) is 5.78 Å². The highest BCUT2D eigenvalue weighted by Gasteiger charge is 2.11. The highest BCUT2D eigenvalue weighted by molar-refractivity contribution is 6.30. The fourth-order valence-electron chi connectivity index (χ4n) is 1.56. The van der Waals surface area contributed by atoms with Crippen LogP contribution < -0.4 is 0 Å². The van der Waals surface area contributed by atoms with E-state index in [0.717, 1.165) is 12.8 Å². The minimum atomic E-state index is 0.104. The Morgan fingerprint density at radius 3 is 2.80 bits per heavy atom. The maximum absolute atomic E-state index is 11.7. The molecule has 0 aliphatic heterocycles. The summed E-state index contributed by atoms with van der Waals surface area (Å²) in [6, 6.07) is 3.38. The Morgan fingerprint density at radius 2 is 2.27 bits per heavy atom. The Kier molecular flexibility index (Phi) is 4.76. The van der Waals surface area contributed by atoms with E-state index in [4.69, 9.17) is 11.6 Å². The van der Waals surface area contributed by atoms with Crippen LogP contribution in [0.3, 0.4) is 0 Å². The molecule has 0 aliphatic carbocycles. The lowest BCUT2D eigenvalue weighted by atomic mass is 9.98. The van der Waals surface area contributed by atoms with Gasteiger partial charge in [0.2, 0.25) is 0 Å². The van der Waals surface area contributed by atoms with Gasteiger partial charge in [0.25, 0.3) is 0 Å². The fourth-order valence-corrected chi connectivity index (χ4v) is 1.67. The van der Waals surface area contributed by atoms with Gasteiger partial charge in [-0.2, -0.15) is 0 Å². The van der Waals surface area contributed by atoms with Crippen LogP contribution in [0.15, 0.2) is 18.3 Å². The van der Waals surface area contributed by atoms with Gasteiger partial charge in [0.05, 0.1) is 5.02 Å². The maximum atomic E-state index is 11.7. The zero-order valence-electron chi connectivity index (χ0n) is 9.16. The lowest BCUT2D eigenvalue weighted by Crippen LogP contribution is -2.07. The maximum Gasteiger partial charge on any atom is 0.181 e. The van der Waals surface area contributed by atoms with Gasteiger partial charge in [-0.25, -0.2) is 0 Å². The van der Waals surface area contributed by atoms with E-state index in [1.165, 1.54) is 6.20 Å². The first-order valence-corrected chi connectivity index (χ1v) is 5.66. The zero-order valence-corrected chi connectivity index (χ0v) is 9.92. The molecule has 0 N–H and O–H groups in total. The van der Waals surface area contributed by atoms with Crippen LogP contribution in [-0.2, 0) is 0 Å². The van der Waals surface area contributed by atoms with Crippen LogP contribution in [0.4, 0.5) is 0 Å². The van der Waals surface area contributed by atoms with Crippen molar-refractivity contribution in [1.82, 2.24) is 4.98 Å². The molecule has 0 spiro atoms. The molecular weight excluding hydrogens is 210 g/mol. The summed E-state index contributed by atoms with van der Waals surface area (Å²) in [5, 5.41) is 0.563. The first kappa shape index (κ1) is 12.2. The van der Waals surface area contributed by atoms with Gasteiger partial charge in [0.1, 0.15) is 5.69 Å². The second-order valence-corrected chi connectivity index (χ2v) is 4.32. The second-order valence-electron chi connectivity index (χ2n) is 3.88. The fraction of sp³-hybridized carbons (Fsp3) is 0.500. The van der Waals surface area contributed by atoms with Gasteiger partial charge in [-0.05, 0) is 18.1 Å². The molecule has 82 valence electrons. The van der Waals surface area contributed by atoms with Crippen LogP contribution >= 0.6 is 11.6 Å². The molecule has 2 nitrogen and oxygen atoms in total. The average molecular weight is 226 g/mol. The van der Waals surface area contributed by atoms with Crippen LogP contribution in [0.1, 0.15) is 43.6 Å². The van der Waals surface area contributed by atoms with E-state index in [1.54, 1.807) is 12.1 Å². The van der Waals surface area contributed by atoms with Crippen LogP contribution in [0.25, 0.3) is 0 Å². The van der Waals surface area contributed by atoms with Gasteiger partial charge in [0, 0.05) is 12.6 Å². The lowest BCUT2D eigenvalue weighted by molar-refractivity contribution is 0.0958. The number of halogens is 1. The molecule has 0 radical (unpaired) electrons. The van der Waals surface area contributed by atoms with Crippen molar-refractivity contribution < 1.29 is 4.79 Å². The summed E-state index contributed by atoms with van der Waals surface area (Å²) in [6.45, 7) is 4.22. The van der Waals surface area contributed by atoms with E-state index in [0.29, 0.717) is 23.1 Å². The number of Topliss-reactive ketones (excluding diaryl/α,β-unsaturated/α-hetero) is 1. The molecule has 1 aromatic rings. The molecule has 0 fully saturated rings. The van der Waals surface area contributed by atoms with Gasteiger partial charge in [-0.1, -0.05) is 38.3 Å². The number of carbonyl (C=O) groups is 1. The van der Waals surface area contributed by atoms with Crippen LogP contribution in [-0.4, -0.2) is 10.8 Å². The van der Waals surface area contributed by atoms with E-state index in [1.807, 2.05) is 0 Å². The highest BCUT2D eigenvalue weighted by Crippen LogP contribution is 2.14. The third kappa shape index (κ3) is 4.00. The Bertz CT molecular complexity index is 321. The summed E-state index contributed by atoms with van der Waals surface area (Å²) in [4.78, 5) is 15.7. The Labute approximate surface area is 95.7 Å². The summed E-state index contributed by atoms with van der Waals surface area (Å²) >= 11 is 5.70. The van der Waals surface area contributed by atoms with Gasteiger partial charge in [-0.3, -0.25) is 9.78 Å². The van der Waals surface area contributed by atoms with E-state index in [-0.39, 0.29) is 5.78 Å². The third-order valence-electron chi connectivity index (χ3n) is 2.33. The van der Waals surface area contributed by atoms with Crippen molar-refractivity contribution >= 4 is 17.4 Å². The molecule has 1 rings (SSSR count). The molecule has 1 aromatic heterocycles. The molecular formula is C12H16ClNO. The van der Waals surface area contributed by atoms with E-state index >= 15 is 0 Å². The minimum absolute atomic E-state index is 0.104. The van der Waals surface area contributed by atoms with Gasteiger partial charge >= 0.3 is 0 Å². The summed E-state index contributed by atoms with van der Waals surface area (Å²) in [6.07, 6.45) is 4.28. The van der Waals surface area contributed by atoms with Crippen molar-refractivity contribution in [1.29, 1.82) is 0 Å². The number of carbonyl (C=O) groups excluding carboxylic acids is 1. The molecule has 1 unspecified atom stereocenters. The van der Waals surface area contributed by atoms with E-state index in [9.17, 15) is 4.79 Å². The summed E-state index contributed by atoms with van der Waals surface area (Å²) < 4.78 is 0. The minimum Gasteiger partial charge on any atom is -0.292 e. The predicted octanol–water partition coefficient (Wildman–Crippen LogP) is 3.74. The quantitative estimate of drug-likeness (QED) is 0.715. The smallest absolute Gasteiger partial charge is 0.181 e. The first-order valence-electron chi connectivity index (χ1n) is 5.28. The normalized spacial score (nSPS) is 12.5.